The Morgan fingerprint density at radius 2 is 2.00 bits per heavy atom. The quantitative estimate of drug-likeness (QED) is 0.594. The van der Waals surface area contributed by atoms with Crippen LogP contribution in [0.5, 0.6) is 0 Å². The Morgan fingerprint density at radius 1 is 1.33 bits per heavy atom. The van der Waals surface area contributed by atoms with E-state index < -0.39 is 0 Å². The summed E-state index contributed by atoms with van der Waals surface area (Å²) in [5.41, 5.74) is 1.35. The van der Waals surface area contributed by atoms with Crippen LogP contribution in [0.4, 0.5) is 0 Å². The first kappa shape index (κ1) is 9.05. The maximum absolute atomic E-state index is 3.01. The van der Waals surface area contributed by atoms with Crippen molar-refractivity contribution in [1.82, 2.24) is 0 Å². The lowest BCUT2D eigenvalue weighted by atomic mass is 10.1. The first-order valence-corrected chi connectivity index (χ1v) is 4.40. The number of allylic oxidation sites excluding steroid dienone is 2. The van der Waals surface area contributed by atoms with Gasteiger partial charge in [-0.25, -0.2) is 0 Å². The monoisotopic (exact) mass is 159 g/mol. The highest BCUT2D eigenvalue weighted by Crippen LogP contribution is 2.01. The first-order chi connectivity index (χ1) is 5.79. The molecule has 0 saturated carbocycles. The Bertz CT molecular complexity index is 231. The van der Waals surface area contributed by atoms with E-state index in [1.165, 1.54) is 5.56 Å². The molecule has 0 aliphatic rings. The predicted molar refractivity (Wildman–Crippen MR) is 53.0 cm³/mol. The predicted octanol–water partition coefficient (Wildman–Crippen LogP) is 3.24. The van der Waals surface area contributed by atoms with Gasteiger partial charge >= 0.3 is 0 Å². The molecule has 1 rings (SSSR count). The molecule has 0 aliphatic heterocycles. The van der Waals surface area contributed by atoms with E-state index in [1.54, 1.807) is 0 Å². The molecule has 0 heterocycles. The zero-order chi connectivity index (χ0) is 8.81. The van der Waals surface area contributed by atoms with Crippen molar-refractivity contribution in [1.29, 1.82) is 0 Å². The summed E-state index contributed by atoms with van der Waals surface area (Å²) in [4.78, 5) is 0. The Labute approximate surface area is 74.9 Å². The molecule has 0 atom stereocenters. The number of benzene rings is 1. The molecule has 0 fully saturated rings. The molecule has 1 aromatic rings. The Morgan fingerprint density at radius 3 is 2.58 bits per heavy atom. The fourth-order valence-electron chi connectivity index (χ4n) is 1.03. The lowest BCUT2D eigenvalue weighted by Crippen LogP contribution is -1.81. The Hall–Kier alpha value is -1.04. The fourth-order valence-corrected chi connectivity index (χ4v) is 1.03. The van der Waals surface area contributed by atoms with Gasteiger partial charge in [-0.2, -0.15) is 0 Å². The molecule has 0 saturated heterocycles. The van der Waals surface area contributed by atoms with Crippen molar-refractivity contribution >= 4 is 0 Å². The number of hydrogen-bond donors (Lipinski definition) is 0. The maximum atomic E-state index is 3.01. The van der Waals surface area contributed by atoms with Gasteiger partial charge in [-0.1, -0.05) is 50.3 Å². The van der Waals surface area contributed by atoms with Crippen LogP contribution in [0.25, 0.3) is 0 Å². The van der Waals surface area contributed by atoms with Gasteiger partial charge in [0.2, 0.25) is 0 Å². The molecule has 0 aromatic heterocycles. The van der Waals surface area contributed by atoms with Gasteiger partial charge in [0.05, 0.1) is 0 Å². The summed E-state index contributed by atoms with van der Waals surface area (Å²) in [5.74, 6) is 0.653. The zero-order valence-electron chi connectivity index (χ0n) is 7.75. The number of rotatable bonds is 3. The summed E-state index contributed by atoms with van der Waals surface area (Å²) in [6.45, 7) is 4.38. The van der Waals surface area contributed by atoms with Gasteiger partial charge in [-0.15, -0.1) is 0 Å². The second-order valence-electron chi connectivity index (χ2n) is 3.28. The molecule has 0 bridgehead atoms. The van der Waals surface area contributed by atoms with Crippen LogP contribution < -0.4 is 0 Å². The molecule has 0 N–H and O–H groups in total. The van der Waals surface area contributed by atoms with Crippen molar-refractivity contribution < 1.29 is 0 Å². The average Bonchev–Trinajstić information content (AvgIpc) is 2.05. The van der Waals surface area contributed by atoms with Crippen molar-refractivity contribution in [2.75, 3.05) is 0 Å². The molecular formula is C12H15. The largest absolute Gasteiger partial charge is 0.0856 e. The standard InChI is InChI=1S/C12H15/c1-11(2)7-6-10-12-8-4-3-5-9-12/h4-9,11H,10H2,1-2H3. The van der Waals surface area contributed by atoms with Gasteiger partial charge in [0.25, 0.3) is 0 Å². The van der Waals surface area contributed by atoms with Gasteiger partial charge in [0.1, 0.15) is 0 Å². The molecule has 63 valence electrons. The molecule has 1 radical (unpaired) electrons. The van der Waals surface area contributed by atoms with Crippen molar-refractivity contribution in [2.24, 2.45) is 5.92 Å². The zero-order valence-corrected chi connectivity index (χ0v) is 7.75. The summed E-state index contributed by atoms with van der Waals surface area (Å²) < 4.78 is 0. The third kappa shape index (κ3) is 3.38. The van der Waals surface area contributed by atoms with Gasteiger partial charge < -0.3 is 0 Å². The summed E-state index contributed by atoms with van der Waals surface area (Å²) in [5, 5.41) is 0. The summed E-state index contributed by atoms with van der Waals surface area (Å²) >= 11 is 0. The van der Waals surface area contributed by atoms with E-state index in [0.717, 1.165) is 6.42 Å². The van der Waals surface area contributed by atoms with E-state index in [0.29, 0.717) is 5.92 Å². The first-order valence-electron chi connectivity index (χ1n) is 4.40. The minimum atomic E-state index is 0.653. The van der Waals surface area contributed by atoms with Crippen LogP contribution in [0.3, 0.4) is 0 Å². The van der Waals surface area contributed by atoms with Crippen LogP contribution in [-0.4, -0.2) is 0 Å². The second-order valence-corrected chi connectivity index (χ2v) is 3.28. The lowest BCUT2D eigenvalue weighted by Gasteiger charge is -1.95. The SMILES string of the molecule is CC(C)C=CCc1cc[c]cc1. The lowest BCUT2D eigenvalue weighted by molar-refractivity contribution is 0.827. The van der Waals surface area contributed by atoms with Crippen molar-refractivity contribution in [2.45, 2.75) is 20.3 Å². The van der Waals surface area contributed by atoms with E-state index in [4.69, 9.17) is 0 Å². The Kier molecular flexibility index (Phi) is 3.59. The van der Waals surface area contributed by atoms with Gasteiger partial charge in [-0.3, -0.25) is 0 Å². The topological polar surface area (TPSA) is 0 Å². The van der Waals surface area contributed by atoms with E-state index in [9.17, 15) is 0 Å². The van der Waals surface area contributed by atoms with Crippen molar-refractivity contribution in [3.8, 4) is 0 Å². The van der Waals surface area contributed by atoms with Gasteiger partial charge in [0, 0.05) is 0 Å². The van der Waals surface area contributed by atoms with Gasteiger partial charge in [0.15, 0.2) is 0 Å². The third-order valence-electron chi connectivity index (χ3n) is 1.66. The molecule has 1 aromatic carbocycles. The van der Waals surface area contributed by atoms with Crippen LogP contribution >= 0.6 is 0 Å². The van der Waals surface area contributed by atoms with Crippen LogP contribution in [0, 0.1) is 12.0 Å². The molecule has 0 spiro atoms. The Balaban J connectivity index is 2.43. The van der Waals surface area contributed by atoms with Gasteiger partial charge in [-0.05, 0) is 24.0 Å². The molecular weight excluding hydrogens is 144 g/mol. The minimum absolute atomic E-state index is 0.653. The minimum Gasteiger partial charge on any atom is -0.0856 e. The molecule has 0 aliphatic carbocycles. The molecule has 0 amide bonds. The van der Waals surface area contributed by atoms with Crippen LogP contribution in [-0.2, 0) is 6.42 Å². The van der Waals surface area contributed by atoms with Crippen molar-refractivity contribution in [3.05, 3.63) is 48.0 Å². The van der Waals surface area contributed by atoms with E-state index in [-0.39, 0.29) is 0 Å². The highest BCUT2D eigenvalue weighted by molar-refractivity contribution is 5.16. The second kappa shape index (κ2) is 4.76. The summed E-state index contributed by atoms with van der Waals surface area (Å²) in [6.07, 6.45) is 5.49. The van der Waals surface area contributed by atoms with E-state index in [2.05, 4.69) is 44.2 Å². The normalized spacial score (nSPS) is 11.2. The fraction of sp³-hybridized carbons (Fsp3) is 0.333. The van der Waals surface area contributed by atoms with Crippen molar-refractivity contribution in [3.63, 3.8) is 0 Å². The smallest absolute Gasteiger partial charge is 0.00973 e. The van der Waals surface area contributed by atoms with Crippen LogP contribution in [0.2, 0.25) is 0 Å². The maximum Gasteiger partial charge on any atom is -0.00973 e. The molecule has 0 nitrogen and oxygen atoms in total. The summed E-state index contributed by atoms with van der Waals surface area (Å²) in [6, 6.07) is 11.1. The number of hydrogen-bond acceptors (Lipinski definition) is 0. The molecule has 12 heavy (non-hydrogen) atoms. The molecule has 0 heteroatoms. The van der Waals surface area contributed by atoms with E-state index in [1.807, 2.05) is 12.1 Å². The van der Waals surface area contributed by atoms with Crippen LogP contribution in [0.1, 0.15) is 19.4 Å². The van der Waals surface area contributed by atoms with E-state index >= 15 is 0 Å². The average molecular weight is 159 g/mol. The highest BCUT2D eigenvalue weighted by Gasteiger charge is 1.86. The van der Waals surface area contributed by atoms with Crippen LogP contribution in [0.15, 0.2) is 36.4 Å². The highest BCUT2D eigenvalue weighted by atomic mass is 13.9. The molecule has 0 unspecified atom stereocenters. The summed E-state index contributed by atoms with van der Waals surface area (Å²) in [7, 11) is 0. The third-order valence-corrected chi connectivity index (χ3v) is 1.66.